The molecule has 2 aliphatic rings. The number of benzene rings is 1. The van der Waals surface area contributed by atoms with Crippen molar-refractivity contribution in [2.45, 2.75) is 12.8 Å². The van der Waals surface area contributed by atoms with E-state index in [1.165, 1.54) is 6.33 Å². The van der Waals surface area contributed by atoms with Crippen LogP contribution in [0.4, 0.5) is 5.69 Å². The summed E-state index contributed by atoms with van der Waals surface area (Å²) in [6, 6.07) is 6.05. The Morgan fingerprint density at radius 1 is 1.26 bits per heavy atom. The standard InChI is InChI=1S/C17H15N5O/c18-10-22-4-3-17(9-22)6-13-2-1-12(5-15(13)21-16(17)23)14-7-19-11-20-8-14/h1-2,5,7-8,11H,3-4,6,9H2,(H,21,23). The molecule has 1 saturated heterocycles. The van der Waals surface area contributed by atoms with Crippen molar-refractivity contribution in [2.24, 2.45) is 5.41 Å². The smallest absolute Gasteiger partial charge is 0.232 e. The zero-order valence-corrected chi connectivity index (χ0v) is 12.5. The van der Waals surface area contributed by atoms with Crippen molar-refractivity contribution in [3.63, 3.8) is 0 Å². The number of aromatic nitrogens is 2. The van der Waals surface area contributed by atoms with E-state index in [1.54, 1.807) is 17.3 Å². The monoisotopic (exact) mass is 305 g/mol. The van der Waals surface area contributed by atoms with E-state index in [4.69, 9.17) is 5.26 Å². The van der Waals surface area contributed by atoms with Crippen LogP contribution in [0.1, 0.15) is 12.0 Å². The van der Waals surface area contributed by atoms with E-state index < -0.39 is 5.41 Å². The van der Waals surface area contributed by atoms with Crippen molar-refractivity contribution in [3.8, 4) is 17.3 Å². The molecule has 1 atom stereocenters. The van der Waals surface area contributed by atoms with Crippen LogP contribution in [0.25, 0.3) is 11.1 Å². The van der Waals surface area contributed by atoms with Gasteiger partial charge >= 0.3 is 0 Å². The molecule has 6 nitrogen and oxygen atoms in total. The molecule has 1 aromatic carbocycles. The van der Waals surface area contributed by atoms with Gasteiger partial charge in [0.2, 0.25) is 5.91 Å². The Morgan fingerprint density at radius 3 is 2.83 bits per heavy atom. The highest BCUT2D eigenvalue weighted by atomic mass is 16.2. The fraction of sp³-hybridized carbons (Fsp3) is 0.294. The van der Waals surface area contributed by atoms with Gasteiger partial charge in [-0.15, -0.1) is 0 Å². The molecule has 2 aliphatic heterocycles. The van der Waals surface area contributed by atoms with Crippen LogP contribution in [-0.4, -0.2) is 33.9 Å². The topological polar surface area (TPSA) is 81.9 Å². The van der Waals surface area contributed by atoms with Crippen LogP contribution in [0.15, 0.2) is 36.9 Å². The molecule has 6 heteroatoms. The van der Waals surface area contributed by atoms with Crippen molar-refractivity contribution >= 4 is 11.6 Å². The first-order chi connectivity index (χ1) is 11.2. The SMILES string of the molecule is N#CN1CCC2(Cc3ccc(-c4cncnc4)cc3NC2=O)C1. The molecule has 1 unspecified atom stereocenters. The number of nitrogens with one attached hydrogen (secondary N) is 1. The molecule has 0 saturated carbocycles. The highest BCUT2D eigenvalue weighted by Gasteiger charge is 2.47. The molecule has 4 rings (SSSR count). The van der Waals surface area contributed by atoms with Crippen LogP contribution < -0.4 is 5.32 Å². The van der Waals surface area contributed by atoms with Crippen LogP contribution >= 0.6 is 0 Å². The minimum absolute atomic E-state index is 0.0178. The Kier molecular flexibility index (Phi) is 3.01. The lowest BCUT2D eigenvalue weighted by atomic mass is 9.76. The molecule has 0 bridgehead atoms. The Bertz CT molecular complexity index is 813. The molecule has 1 aromatic heterocycles. The molecule has 1 spiro atoms. The summed E-state index contributed by atoms with van der Waals surface area (Å²) in [5.41, 5.74) is 3.38. The van der Waals surface area contributed by atoms with Crippen molar-refractivity contribution in [1.82, 2.24) is 14.9 Å². The Morgan fingerprint density at radius 2 is 2.09 bits per heavy atom. The minimum Gasteiger partial charge on any atom is -0.325 e. The van der Waals surface area contributed by atoms with Gasteiger partial charge in [-0.2, -0.15) is 5.26 Å². The lowest BCUT2D eigenvalue weighted by molar-refractivity contribution is -0.125. The molecular weight excluding hydrogens is 290 g/mol. The average molecular weight is 305 g/mol. The Labute approximate surface area is 133 Å². The van der Waals surface area contributed by atoms with Gasteiger partial charge in [-0.25, -0.2) is 9.97 Å². The zero-order chi connectivity index (χ0) is 15.9. The summed E-state index contributed by atoms with van der Waals surface area (Å²) in [5.74, 6) is 0.0178. The first kappa shape index (κ1) is 13.7. The summed E-state index contributed by atoms with van der Waals surface area (Å²) >= 11 is 0. The van der Waals surface area contributed by atoms with Crippen molar-refractivity contribution in [2.75, 3.05) is 18.4 Å². The molecule has 2 aromatic rings. The number of nitrogens with zero attached hydrogens (tertiary/aromatic N) is 4. The molecule has 1 N–H and O–H groups in total. The number of carbonyl (C=O) groups is 1. The molecular formula is C17H15N5O. The number of likely N-dealkylation sites (tertiary alicyclic amines) is 1. The molecule has 1 fully saturated rings. The van der Waals surface area contributed by atoms with E-state index in [1.807, 2.05) is 18.2 Å². The van der Waals surface area contributed by atoms with Crippen LogP contribution in [0, 0.1) is 16.9 Å². The number of anilines is 1. The fourth-order valence-electron chi connectivity index (χ4n) is 3.46. The molecule has 3 heterocycles. The summed E-state index contributed by atoms with van der Waals surface area (Å²) in [7, 11) is 0. The van der Waals surface area contributed by atoms with E-state index in [9.17, 15) is 4.79 Å². The number of hydrogen-bond acceptors (Lipinski definition) is 5. The molecule has 23 heavy (non-hydrogen) atoms. The van der Waals surface area contributed by atoms with Crippen molar-refractivity contribution < 1.29 is 4.79 Å². The maximum atomic E-state index is 12.6. The average Bonchev–Trinajstić information content (AvgIpc) is 3.01. The van der Waals surface area contributed by atoms with Gasteiger partial charge in [0.25, 0.3) is 0 Å². The van der Waals surface area contributed by atoms with Gasteiger partial charge in [-0.05, 0) is 30.0 Å². The molecule has 114 valence electrons. The van der Waals surface area contributed by atoms with Crippen molar-refractivity contribution in [3.05, 3.63) is 42.5 Å². The third-order valence-corrected chi connectivity index (χ3v) is 4.76. The van der Waals surface area contributed by atoms with Gasteiger partial charge in [0.05, 0.1) is 5.41 Å². The number of hydrogen-bond donors (Lipinski definition) is 1. The highest BCUT2D eigenvalue weighted by molar-refractivity contribution is 5.99. The van der Waals surface area contributed by atoms with Gasteiger partial charge in [0, 0.05) is 36.7 Å². The maximum Gasteiger partial charge on any atom is 0.232 e. The largest absolute Gasteiger partial charge is 0.325 e. The third kappa shape index (κ3) is 2.21. The van der Waals surface area contributed by atoms with Crippen LogP contribution in [0.2, 0.25) is 0 Å². The highest BCUT2D eigenvalue weighted by Crippen LogP contribution is 2.41. The summed E-state index contributed by atoms with van der Waals surface area (Å²) in [6.45, 7) is 1.15. The van der Waals surface area contributed by atoms with Gasteiger partial charge in [-0.1, -0.05) is 12.1 Å². The predicted octanol–water partition coefficient (Wildman–Crippen LogP) is 1.81. The van der Waals surface area contributed by atoms with E-state index in [2.05, 4.69) is 21.5 Å². The van der Waals surface area contributed by atoms with E-state index in [0.29, 0.717) is 19.5 Å². The predicted molar refractivity (Wildman–Crippen MR) is 84.0 cm³/mol. The number of amides is 1. The fourth-order valence-corrected chi connectivity index (χ4v) is 3.46. The Hall–Kier alpha value is -2.94. The van der Waals surface area contributed by atoms with Crippen molar-refractivity contribution in [1.29, 1.82) is 5.26 Å². The van der Waals surface area contributed by atoms with E-state index in [-0.39, 0.29) is 5.91 Å². The summed E-state index contributed by atoms with van der Waals surface area (Å²) in [5, 5.41) is 12.1. The van der Waals surface area contributed by atoms with Gasteiger partial charge in [-0.3, -0.25) is 4.79 Å². The van der Waals surface area contributed by atoms with Gasteiger partial charge in [0.1, 0.15) is 6.33 Å². The summed E-state index contributed by atoms with van der Waals surface area (Å²) in [4.78, 5) is 22.3. The maximum absolute atomic E-state index is 12.6. The summed E-state index contributed by atoms with van der Waals surface area (Å²) < 4.78 is 0. The number of carbonyl (C=O) groups excluding carboxylic acids is 1. The third-order valence-electron chi connectivity index (χ3n) is 4.76. The second-order valence-corrected chi connectivity index (χ2v) is 6.18. The quantitative estimate of drug-likeness (QED) is 0.813. The van der Waals surface area contributed by atoms with Gasteiger partial charge in [0.15, 0.2) is 6.19 Å². The first-order valence-electron chi connectivity index (χ1n) is 7.55. The van der Waals surface area contributed by atoms with E-state index in [0.717, 1.165) is 28.8 Å². The Balaban J connectivity index is 1.67. The molecule has 0 aliphatic carbocycles. The van der Waals surface area contributed by atoms with Gasteiger partial charge < -0.3 is 10.2 Å². The van der Waals surface area contributed by atoms with E-state index >= 15 is 0 Å². The minimum atomic E-state index is -0.472. The van der Waals surface area contributed by atoms with Crippen LogP contribution in [0.3, 0.4) is 0 Å². The molecule has 0 radical (unpaired) electrons. The first-order valence-corrected chi connectivity index (χ1v) is 7.55. The lowest BCUT2D eigenvalue weighted by Crippen LogP contribution is -2.43. The van der Waals surface area contributed by atoms with Crippen LogP contribution in [0.5, 0.6) is 0 Å². The lowest BCUT2D eigenvalue weighted by Gasteiger charge is -2.33. The second-order valence-electron chi connectivity index (χ2n) is 6.18. The number of fused-ring (bicyclic) bond motifs is 1. The zero-order valence-electron chi connectivity index (χ0n) is 12.5. The number of rotatable bonds is 1. The van der Waals surface area contributed by atoms with Crippen LogP contribution in [-0.2, 0) is 11.2 Å². The number of nitriles is 1. The molecule has 1 amide bonds. The second kappa shape index (κ2) is 5.06. The normalized spacial score (nSPS) is 22.6. The summed E-state index contributed by atoms with van der Waals surface area (Å²) in [6.07, 6.45) is 8.55.